The van der Waals surface area contributed by atoms with Crippen LogP contribution in [-0.2, 0) is 4.57 Å². The fourth-order valence-corrected chi connectivity index (χ4v) is 6.60. The lowest BCUT2D eigenvalue weighted by Crippen LogP contribution is -2.00. The summed E-state index contributed by atoms with van der Waals surface area (Å²) in [7, 11) is -1.48. The van der Waals surface area contributed by atoms with E-state index in [0.717, 1.165) is 32.7 Å². The molecule has 6 aromatic rings. The Morgan fingerprint density at radius 2 is 0.951 bits per heavy atom. The molecule has 0 unspecified atom stereocenters. The Balaban J connectivity index is 1.71. The smallest absolute Gasteiger partial charge is 0.496 e. The second-order valence-electron chi connectivity index (χ2n) is 9.75. The summed E-state index contributed by atoms with van der Waals surface area (Å²) < 4.78 is 37.2. The molecule has 6 aromatic carbocycles. The SMILES string of the molecule is COc1ccccc1-c1cc2ccccc2c2c1OP(=O)(O)Oc1c(-c3ccccc3OC)cc3ccccc3c1-2. The van der Waals surface area contributed by atoms with E-state index in [1.807, 2.05) is 109 Å². The van der Waals surface area contributed by atoms with Gasteiger partial charge in [-0.25, -0.2) is 4.57 Å². The summed E-state index contributed by atoms with van der Waals surface area (Å²) in [6.45, 7) is 0. The van der Waals surface area contributed by atoms with Crippen LogP contribution in [-0.4, -0.2) is 19.1 Å². The third kappa shape index (κ3) is 4.12. The van der Waals surface area contributed by atoms with Crippen LogP contribution in [0.3, 0.4) is 0 Å². The van der Waals surface area contributed by atoms with Gasteiger partial charge in [0.25, 0.3) is 0 Å². The van der Waals surface area contributed by atoms with Crippen molar-refractivity contribution >= 4 is 29.4 Å². The number of rotatable bonds is 4. The Kier molecular flexibility index (Phi) is 5.97. The molecule has 0 aromatic heterocycles. The Morgan fingerprint density at radius 1 is 0.561 bits per heavy atom. The zero-order chi connectivity index (χ0) is 28.1. The zero-order valence-electron chi connectivity index (χ0n) is 22.3. The van der Waals surface area contributed by atoms with Crippen molar-refractivity contribution in [2.45, 2.75) is 0 Å². The van der Waals surface area contributed by atoms with Crippen LogP contribution in [0.15, 0.2) is 109 Å². The molecule has 1 aliphatic heterocycles. The summed E-state index contributed by atoms with van der Waals surface area (Å²) >= 11 is 0. The van der Waals surface area contributed by atoms with Gasteiger partial charge in [-0.15, -0.1) is 0 Å². The molecule has 0 saturated heterocycles. The Hall–Kier alpha value is -4.77. The summed E-state index contributed by atoms with van der Waals surface area (Å²) in [5.41, 5.74) is 4.02. The molecular formula is C34H25O6P. The van der Waals surface area contributed by atoms with Crippen molar-refractivity contribution in [3.63, 3.8) is 0 Å². The highest BCUT2D eigenvalue weighted by atomic mass is 31.2. The van der Waals surface area contributed by atoms with Crippen molar-refractivity contribution in [2.75, 3.05) is 14.2 Å². The van der Waals surface area contributed by atoms with Crippen LogP contribution < -0.4 is 18.5 Å². The van der Waals surface area contributed by atoms with Crippen LogP contribution in [0.25, 0.3) is 54.9 Å². The summed E-state index contributed by atoms with van der Waals surface area (Å²) in [6.07, 6.45) is 0. The number of benzene rings is 6. The number of hydrogen-bond donors (Lipinski definition) is 1. The molecule has 1 heterocycles. The second-order valence-corrected chi connectivity index (χ2v) is 11.1. The van der Waals surface area contributed by atoms with Crippen molar-refractivity contribution < 1.29 is 28.0 Å². The van der Waals surface area contributed by atoms with Crippen molar-refractivity contribution in [1.82, 2.24) is 0 Å². The number of hydrogen-bond acceptors (Lipinski definition) is 5. The largest absolute Gasteiger partial charge is 0.584 e. The van der Waals surface area contributed by atoms with Crippen LogP contribution in [0.5, 0.6) is 23.0 Å². The average Bonchev–Trinajstić information content (AvgIpc) is 3.13. The van der Waals surface area contributed by atoms with E-state index in [4.69, 9.17) is 18.5 Å². The number of phosphoric ester groups is 1. The number of phosphoric acid groups is 1. The summed E-state index contributed by atoms with van der Waals surface area (Å²) in [5.74, 6) is 1.72. The van der Waals surface area contributed by atoms with E-state index in [1.54, 1.807) is 14.2 Å². The maximum atomic E-state index is 13.8. The van der Waals surface area contributed by atoms with Gasteiger partial charge >= 0.3 is 7.82 Å². The van der Waals surface area contributed by atoms with Gasteiger partial charge in [0.2, 0.25) is 0 Å². The van der Waals surface area contributed by atoms with Gasteiger partial charge < -0.3 is 18.5 Å². The normalized spacial score (nSPS) is 13.4. The second kappa shape index (κ2) is 9.70. The minimum atomic E-state index is -4.67. The lowest BCUT2D eigenvalue weighted by atomic mass is 9.86. The summed E-state index contributed by atoms with van der Waals surface area (Å²) in [5, 5.41) is 3.58. The minimum Gasteiger partial charge on any atom is -0.496 e. The molecule has 0 saturated carbocycles. The van der Waals surface area contributed by atoms with E-state index in [9.17, 15) is 9.46 Å². The molecule has 7 rings (SSSR count). The Morgan fingerprint density at radius 3 is 1.39 bits per heavy atom. The molecule has 7 heteroatoms. The average molecular weight is 561 g/mol. The van der Waals surface area contributed by atoms with Gasteiger partial charge in [-0.3, -0.25) is 4.89 Å². The van der Waals surface area contributed by atoms with E-state index in [2.05, 4.69) is 0 Å². The molecule has 1 N–H and O–H groups in total. The van der Waals surface area contributed by atoms with Gasteiger partial charge in [0.05, 0.1) is 14.2 Å². The molecule has 41 heavy (non-hydrogen) atoms. The first-order valence-corrected chi connectivity index (χ1v) is 14.6. The quantitative estimate of drug-likeness (QED) is 0.217. The van der Waals surface area contributed by atoms with E-state index in [1.165, 1.54) is 0 Å². The van der Waals surface area contributed by atoms with Crippen molar-refractivity contribution in [3.8, 4) is 56.4 Å². The molecule has 1 aliphatic rings. The van der Waals surface area contributed by atoms with Crippen molar-refractivity contribution in [3.05, 3.63) is 109 Å². The predicted molar refractivity (Wildman–Crippen MR) is 162 cm³/mol. The topological polar surface area (TPSA) is 74.2 Å². The molecule has 0 bridgehead atoms. The minimum absolute atomic E-state index is 0.250. The summed E-state index contributed by atoms with van der Waals surface area (Å²) in [6, 6.07) is 34.8. The molecule has 6 nitrogen and oxygen atoms in total. The molecule has 0 amide bonds. The standard InChI is InChI=1S/C34H25O6P/c1-37-29-17-9-7-15-25(29)27-19-21-11-3-5-13-23(21)31-32-24-14-6-4-12-22(24)20-28(26-16-8-10-18-30(26)38-2)34(32)40-41(35,36)39-33(27)31/h3-20H,1-2H3,(H,35,36). The van der Waals surface area contributed by atoms with Crippen molar-refractivity contribution in [1.29, 1.82) is 0 Å². The number of fused-ring (bicyclic) bond motifs is 7. The fourth-order valence-electron chi connectivity index (χ4n) is 5.73. The van der Waals surface area contributed by atoms with Crippen LogP contribution in [0, 0.1) is 0 Å². The molecule has 0 radical (unpaired) electrons. The van der Waals surface area contributed by atoms with Crippen LogP contribution in [0.1, 0.15) is 0 Å². The third-order valence-electron chi connectivity index (χ3n) is 7.46. The zero-order valence-corrected chi connectivity index (χ0v) is 23.2. The molecule has 0 fully saturated rings. The van der Waals surface area contributed by atoms with Crippen molar-refractivity contribution in [2.24, 2.45) is 0 Å². The predicted octanol–water partition coefficient (Wildman–Crippen LogP) is 8.88. The van der Waals surface area contributed by atoms with Gasteiger partial charge in [0.1, 0.15) is 23.0 Å². The third-order valence-corrected chi connectivity index (χ3v) is 8.29. The highest BCUT2D eigenvalue weighted by Crippen LogP contribution is 2.62. The van der Waals surface area contributed by atoms with Crippen LogP contribution in [0.2, 0.25) is 0 Å². The maximum absolute atomic E-state index is 13.8. The lowest BCUT2D eigenvalue weighted by Gasteiger charge is -2.19. The summed E-state index contributed by atoms with van der Waals surface area (Å²) in [4.78, 5) is 11.2. The molecule has 0 aliphatic carbocycles. The highest BCUT2D eigenvalue weighted by molar-refractivity contribution is 7.48. The maximum Gasteiger partial charge on any atom is 0.584 e. The van der Waals surface area contributed by atoms with E-state index in [0.29, 0.717) is 33.8 Å². The monoisotopic (exact) mass is 560 g/mol. The molecule has 202 valence electrons. The van der Waals surface area contributed by atoms with Crippen LogP contribution >= 0.6 is 7.82 Å². The first-order valence-electron chi connectivity index (χ1n) is 13.1. The number of ether oxygens (including phenoxy) is 2. The Bertz CT molecular complexity index is 1890. The van der Waals surface area contributed by atoms with Gasteiger partial charge in [-0.1, -0.05) is 84.9 Å². The van der Waals surface area contributed by atoms with Crippen LogP contribution in [0.4, 0.5) is 0 Å². The number of methoxy groups -OCH3 is 2. The molecule has 0 spiro atoms. The Labute approximate surface area is 236 Å². The molecule has 0 atom stereocenters. The number of para-hydroxylation sites is 2. The lowest BCUT2D eigenvalue weighted by molar-refractivity contribution is 0.295. The van der Waals surface area contributed by atoms with Gasteiger partial charge in [-0.2, -0.15) is 0 Å². The first kappa shape index (κ1) is 25.2. The van der Waals surface area contributed by atoms with E-state index in [-0.39, 0.29) is 11.5 Å². The first-order chi connectivity index (χ1) is 20.0. The highest BCUT2D eigenvalue weighted by Gasteiger charge is 2.38. The van der Waals surface area contributed by atoms with Gasteiger partial charge in [0, 0.05) is 33.4 Å². The molecular weight excluding hydrogens is 535 g/mol. The van der Waals surface area contributed by atoms with E-state index < -0.39 is 7.82 Å². The van der Waals surface area contributed by atoms with E-state index >= 15 is 0 Å². The van der Waals surface area contributed by atoms with Gasteiger partial charge in [0.15, 0.2) is 0 Å². The fraction of sp³-hybridized carbons (Fsp3) is 0.0588. The van der Waals surface area contributed by atoms with Gasteiger partial charge in [-0.05, 0) is 45.8 Å².